The van der Waals surface area contributed by atoms with E-state index in [9.17, 15) is 19.2 Å². The molecule has 8 N–H and O–H groups in total. The maximum Gasteiger partial charge on any atom is 0.408 e. The van der Waals surface area contributed by atoms with E-state index < -0.39 is 41.9 Å². The number of anilines is 1. The predicted molar refractivity (Wildman–Crippen MR) is 175 cm³/mol. The van der Waals surface area contributed by atoms with Gasteiger partial charge in [0.1, 0.15) is 24.7 Å². The van der Waals surface area contributed by atoms with Crippen molar-refractivity contribution in [2.24, 2.45) is 22.4 Å². The van der Waals surface area contributed by atoms with Crippen molar-refractivity contribution >= 4 is 46.2 Å². The summed E-state index contributed by atoms with van der Waals surface area (Å²) in [6, 6.07) is 19.6. The number of carbonyl (C=O) groups excluding carboxylic acids is 4. The number of nitrogens with one attached hydrogen (secondary N) is 4. The highest BCUT2D eigenvalue weighted by Crippen LogP contribution is 2.19. The number of hydrogen-bond donors (Lipinski definition) is 6. The van der Waals surface area contributed by atoms with Gasteiger partial charge in [0.15, 0.2) is 5.96 Å². The smallest absolute Gasteiger partial charge is 0.408 e. The van der Waals surface area contributed by atoms with Gasteiger partial charge >= 0.3 is 6.09 Å². The van der Waals surface area contributed by atoms with Gasteiger partial charge in [-0.2, -0.15) is 0 Å². The minimum absolute atomic E-state index is 0.0342. The van der Waals surface area contributed by atoms with Crippen LogP contribution in [0.4, 0.5) is 10.5 Å². The maximum absolute atomic E-state index is 13.5. The molecule has 0 saturated carbocycles. The van der Waals surface area contributed by atoms with Crippen molar-refractivity contribution in [3.8, 4) is 0 Å². The number of alkyl carbamates (subject to hydrolysis) is 1. The lowest BCUT2D eigenvalue weighted by Gasteiger charge is -2.25. The lowest BCUT2D eigenvalue weighted by Crippen LogP contribution is -2.56. The molecule has 0 fully saturated rings. The van der Waals surface area contributed by atoms with Crippen LogP contribution in [0.15, 0.2) is 77.8 Å². The van der Waals surface area contributed by atoms with Gasteiger partial charge in [0.25, 0.3) is 0 Å². The van der Waals surface area contributed by atoms with Gasteiger partial charge in [-0.1, -0.05) is 74.5 Å². The largest absolute Gasteiger partial charge is 0.445 e. The highest BCUT2D eigenvalue weighted by Gasteiger charge is 2.29. The average Bonchev–Trinajstić information content (AvgIpc) is 3.01. The number of hydrogen-bond acceptors (Lipinski definition) is 6. The standard InChI is InChI=1S/C33H43N7O5/c1-21(2)18-28(40-29(41)22(3)37-33(44)45-20-23-10-5-4-6-11-23)31(43)39-27(14-9-17-36-32(34)35)30(42)38-26-16-15-24-12-7-8-13-25(24)19-26/h4-8,10-13,15-16,19,21-22,27-28H,9,14,17-18,20H2,1-3H3,(H,37,44)(H,38,42)(H,39,43)(H,40,41)(H4,34,35,36)/t22-,27+,28+/m1/s1. The van der Waals surface area contributed by atoms with Gasteiger partial charge < -0.3 is 37.5 Å². The zero-order chi connectivity index (χ0) is 32.8. The first-order chi connectivity index (χ1) is 21.5. The molecule has 12 nitrogen and oxygen atoms in total. The number of amides is 4. The second-order valence-electron chi connectivity index (χ2n) is 11.2. The first-order valence-electron chi connectivity index (χ1n) is 14.9. The lowest BCUT2D eigenvalue weighted by molar-refractivity contribution is -0.132. The predicted octanol–water partition coefficient (Wildman–Crippen LogP) is 3.16. The Kier molecular flexibility index (Phi) is 13.2. The Hall–Kier alpha value is -5.13. The Morgan fingerprint density at radius 1 is 0.778 bits per heavy atom. The first-order valence-corrected chi connectivity index (χ1v) is 14.9. The van der Waals surface area contributed by atoms with Crippen LogP contribution in [0.1, 0.15) is 45.6 Å². The van der Waals surface area contributed by atoms with Gasteiger partial charge in [0.2, 0.25) is 17.7 Å². The normalized spacial score (nSPS) is 12.8. The third kappa shape index (κ3) is 11.8. The summed E-state index contributed by atoms with van der Waals surface area (Å²) in [6.07, 6.45) is 0.199. The molecule has 4 amide bonds. The molecule has 0 saturated heterocycles. The van der Waals surface area contributed by atoms with Gasteiger partial charge in [-0.25, -0.2) is 4.79 Å². The summed E-state index contributed by atoms with van der Waals surface area (Å²) in [7, 11) is 0. The van der Waals surface area contributed by atoms with E-state index in [4.69, 9.17) is 16.2 Å². The monoisotopic (exact) mass is 617 g/mol. The Balaban J connectivity index is 1.66. The fourth-order valence-corrected chi connectivity index (χ4v) is 4.55. The third-order valence-corrected chi connectivity index (χ3v) is 6.88. The van der Waals surface area contributed by atoms with E-state index >= 15 is 0 Å². The van der Waals surface area contributed by atoms with Crippen molar-refractivity contribution in [1.29, 1.82) is 0 Å². The van der Waals surface area contributed by atoms with Gasteiger partial charge in [-0.05, 0) is 60.6 Å². The Labute approximate surface area is 263 Å². The molecule has 0 aliphatic rings. The van der Waals surface area contributed by atoms with E-state index in [0.29, 0.717) is 18.5 Å². The van der Waals surface area contributed by atoms with Crippen molar-refractivity contribution in [3.05, 3.63) is 78.4 Å². The number of nitrogens with zero attached hydrogens (tertiary/aromatic N) is 1. The highest BCUT2D eigenvalue weighted by molar-refractivity contribution is 6.00. The molecular weight excluding hydrogens is 574 g/mol. The summed E-state index contributed by atoms with van der Waals surface area (Å²) in [5, 5.41) is 12.9. The lowest BCUT2D eigenvalue weighted by atomic mass is 10.0. The number of rotatable bonds is 15. The SMILES string of the molecule is CC(C)C[C@H](NC(=O)[C@@H](C)NC(=O)OCc1ccccc1)C(=O)N[C@@H](CCCN=C(N)N)C(=O)Nc1ccc2ccccc2c1. The number of benzene rings is 3. The zero-order valence-corrected chi connectivity index (χ0v) is 25.9. The van der Waals surface area contributed by atoms with E-state index in [1.165, 1.54) is 6.92 Å². The summed E-state index contributed by atoms with van der Waals surface area (Å²) in [6.45, 7) is 5.63. The van der Waals surface area contributed by atoms with Crippen molar-refractivity contribution in [2.45, 2.75) is 64.8 Å². The van der Waals surface area contributed by atoms with E-state index in [1.807, 2.05) is 80.6 Å². The number of fused-ring (bicyclic) bond motifs is 1. The summed E-state index contributed by atoms with van der Waals surface area (Å²) in [5.41, 5.74) is 12.2. The number of aliphatic imine (C=N–C) groups is 1. The van der Waals surface area contributed by atoms with Crippen LogP contribution in [0.2, 0.25) is 0 Å². The molecular formula is C33H43N7O5. The summed E-state index contributed by atoms with van der Waals surface area (Å²) in [4.78, 5) is 56.2. The first kappa shape index (κ1) is 34.4. The Morgan fingerprint density at radius 3 is 2.13 bits per heavy atom. The van der Waals surface area contributed by atoms with Crippen LogP contribution in [-0.2, 0) is 25.7 Å². The highest BCUT2D eigenvalue weighted by atomic mass is 16.5. The van der Waals surface area contributed by atoms with Crippen LogP contribution in [0, 0.1) is 5.92 Å². The maximum atomic E-state index is 13.5. The van der Waals surface area contributed by atoms with E-state index in [2.05, 4.69) is 26.3 Å². The minimum Gasteiger partial charge on any atom is -0.445 e. The second kappa shape index (κ2) is 17.2. The Bertz CT molecular complexity index is 1470. The molecule has 0 heterocycles. The molecule has 240 valence electrons. The van der Waals surface area contributed by atoms with Crippen LogP contribution in [0.5, 0.6) is 0 Å². The molecule has 45 heavy (non-hydrogen) atoms. The third-order valence-electron chi connectivity index (χ3n) is 6.88. The molecule has 3 atom stereocenters. The van der Waals surface area contributed by atoms with Gasteiger partial charge in [0, 0.05) is 12.2 Å². The molecule has 3 aromatic rings. The van der Waals surface area contributed by atoms with Crippen LogP contribution in [-0.4, -0.2) is 54.4 Å². The minimum atomic E-state index is -0.984. The van der Waals surface area contributed by atoms with Gasteiger partial charge in [-0.3, -0.25) is 19.4 Å². The Morgan fingerprint density at radius 2 is 1.44 bits per heavy atom. The molecule has 3 aromatic carbocycles. The summed E-state index contributed by atoms with van der Waals surface area (Å²) in [5.74, 6) is -1.56. The molecule has 3 rings (SSSR count). The molecule has 0 bridgehead atoms. The summed E-state index contributed by atoms with van der Waals surface area (Å²) < 4.78 is 5.20. The van der Waals surface area contributed by atoms with Crippen molar-refractivity contribution in [1.82, 2.24) is 16.0 Å². The fourth-order valence-electron chi connectivity index (χ4n) is 4.55. The van der Waals surface area contributed by atoms with Crippen molar-refractivity contribution in [3.63, 3.8) is 0 Å². The molecule has 0 aromatic heterocycles. The molecule has 0 aliphatic carbocycles. The van der Waals surface area contributed by atoms with Gasteiger partial charge in [-0.15, -0.1) is 0 Å². The quantitative estimate of drug-likeness (QED) is 0.0857. The molecule has 0 unspecified atom stereocenters. The van der Waals surface area contributed by atoms with E-state index in [-0.39, 0.29) is 31.4 Å². The molecule has 0 spiro atoms. The number of ether oxygens (including phenoxy) is 1. The van der Waals surface area contributed by atoms with Crippen LogP contribution < -0.4 is 32.7 Å². The number of carbonyl (C=O) groups is 4. The van der Waals surface area contributed by atoms with E-state index in [1.54, 1.807) is 6.07 Å². The molecule has 0 radical (unpaired) electrons. The second-order valence-corrected chi connectivity index (χ2v) is 11.2. The van der Waals surface area contributed by atoms with Crippen LogP contribution in [0.25, 0.3) is 10.8 Å². The number of nitrogens with two attached hydrogens (primary N) is 2. The van der Waals surface area contributed by atoms with Gasteiger partial charge in [0.05, 0.1) is 0 Å². The fraction of sp³-hybridized carbons (Fsp3) is 0.364. The zero-order valence-electron chi connectivity index (χ0n) is 25.9. The molecule has 12 heteroatoms. The van der Waals surface area contributed by atoms with Crippen LogP contribution >= 0.6 is 0 Å². The molecule has 0 aliphatic heterocycles. The van der Waals surface area contributed by atoms with Crippen molar-refractivity contribution < 1.29 is 23.9 Å². The van der Waals surface area contributed by atoms with E-state index in [0.717, 1.165) is 16.3 Å². The van der Waals surface area contributed by atoms with Crippen molar-refractivity contribution in [2.75, 3.05) is 11.9 Å². The average molecular weight is 618 g/mol. The van der Waals surface area contributed by atoms with Crippen LogP contribution in [0.3, 0.4) is 0 Å². The number of guanidine groups is 1. The summed E-state index contributed by atoms with van der Waals surface area (Å²) >= 11 is 0. The topological polar surface area (TPSA) is 190 Å².